The molecule has 0 aliphatic carbocycles. The molecule has 7 nitrogen and oxygen atoms in total. The molecule has 3 aromatic heterocycles. The van der Waals surface area contributed by atoms with Crippen LogP contribution in [-0.2, 0) is 6.54 Å². The fourth-order valence-corrected chi connectivity index (χ4v) is 4.16. The molecule has 2 N–H and O–H groups in total. The summed E-state index contributed by atoms with van der Waals surface area (Å²) in [5.41, 5.74) is 8.31. The van der Waals surface area contributed by atoms with Gasteiger partial charge >= 0.3 is 0 Å². The summed E-state index contributed by atoms with van der Waals surface area (Å²) in [7, 11) is 0. The van der Waals surface area contributed by atoms with Gasteiger partial charge in [0.15, 0.2) is 5.65 Å². The van der Waals surface area contributed by atoms with E-state index in [0.717, 1.165) is 10.9 Å². The molecule has 0 aliphatic rings. The van der Waals surface area contributed by atoms with Gasteiger partial charge in [0.25, 0.3) is 5.56 Å². The summed E-state index contributed by atoms with van der Waals surface area (Å²) in [5.74, 6) is 5.80. The van der Waals surface area contributed by atoms with Gasteiger partial charge in [-0.25, -0.2) is 19.0 Å². The first kappa shape index (κ1) is 21.3. The maximum absolute atomic E-state index is 14.9. The van der Waals surface area contributed by atoms with Crippen molar-refractivity contribution in [2.24, 2.45) is 0 Å². The average Bonchev–Trinajstić information content (AvgIpc) is 3.17. The number of nitrogens with two attached hydrogens (primary N) is 1. The number of nitrogen functional groups attached to an aromatic ring is 1. The van der Waals surface area contributed by atoms with Crippen LogP contribution >= 0.6 is 0 Å². The molecule has 2 aromatic carbocycles. The summed E-state index contributed by atoms with van der Waals surface area (Å²) in [4.78, 5) is 22.1. The van der Waals surface area contributed by atoms with Crippen LogP contribution in [0.5, 0.6) is 0 Å². The molecule has 0 unspecified atom stereocenters. The van der Waals surface area contributed by atoms with Crippen molar-refractivity contribution in [1.29, 1.82) is 0 Å². The van der Waals surface area contributed by atoms with Crippen molar-refractivity contribution in [3.63, 3.8) is 0 Å². The van der Waals surface area contributed by atoms with E-state index < -0.39 is 5.82 Å². The number of rotatable bonds is 3. The quantitative estimate of drug-likeness (QED) is 0.418. The van der Waals surface area contributed by atoms with Crippen LogP contribution in [0.4, 0.5) is 10.2 Å². The van der Waals surface area contributed by atoms with Crippen LogP contribution in [-0.4, -0.2) is 24.3 Å². The van der Waals surface area contributed by atoms with Gasteiger partial charge in [-0.05, 0) is 42.0 Å². The van der Waals surface area contributed by atoms with Gasteiger partial charge in [-0.2, -0.15) is 5.10 Å². The van der Waals surface area contributed by atoms with E-state index in [-0.39, 0.29) is 23.6 Å². The molecule has 34 heavy (non-hydrogen) atoms. The Morgan fingerprint density at radius 1 is 1.09 bits per heavy atom. The Balaban J connectivity index is 1.80. The molecule has 0 aliphatic heterocycles. The number of hydrogen-bond donors (Lipinski definition) is 1. The van der Waals surface area contributed by atoms with Crippen molar-refractivity contribution in [3.05, 3.63) is 88.0 Å². The molecule has 0 atom stereocenters. The number of aromatic nitrogens is 5. The first-order valence-electron chi connectivity index (χ1n) is 10.8. The number of para-hydroxylation sites is 1. The second-order valence-electron chi connectivity index (χ2n) is 7.89. The molecule has 8 heteroatoms. The molecule has 168 valence electrons. The minimum Gasteiger partial charge on any atom is -0.383 e. The zero-order chi connectivity index (χ0) is 23.8. The fraction of sp³-hybridized carbons (Fsp3) is 0.154. The third kappa shape index (κ3) is 3.48. The summed E-state index contributed by atoms with van der Waals surface area (Å²) in [6, 6.07) is 13.7. The van der Waals surface area contributed by atoms with Gasteiger partial charge in [0.1, 0.15) is 23.7 Å². The van der Waals surface area contributed by atoms with E-state index in [0.29, 0.717) is 34.2 Å². The standard InChI is InChI=1S/C26H21FN6O/c1-3-4-11-20-23-24(28)29-15-30-25(23)32(31-20)14-18-13-17-9-7-8-16(2)22(17)26(34)33(18)21-12-6-5-10-19(21)27/h5-10,12-13,15H,3,14H2,1-2H3,(H2,28,29,30). The smallest absolute Gasteiger partial charge is 0.263 e. The molecule has 0 bridgehead atoms. The number of hydrogen-bond acceptors (Lipinski definition) is 5. The number of aryl methyl sites for hydroxylation is 1. The van der Waals surface area contributed by atoms with Crippen molar-refractivity contribution in [1.82, 2.24) is 24.3 Å². The number of nitrogens with zero attached hydrogens (tertiary/aromatic N) is 5. The number of fused-ring (bicyclic) bond motifs is 2. The van der Waals surface area contributed by atoms with Gasteiger partial charge in [-0.15, -0.1) is 0 Å². The monoisotopic (exact) mass is 452 g/mol. The number of halogens is 1. The van der Waals surface area contributed by atoms with E-state index in [1.54, 1.807) is 22.9 Å². The molecule has 0 radical (unpaired) electrons. The Hall–Kier alpha value is -4.51. The average molecular weight is 452 g/mol. The summed E-state index contributed by atoms with van der Waals surface area (Å²) in [6.07, 6.45) is 2.01. The zero-order valence-corrected chi connectivity index (χ0v) is 18.7. The Morgan fingerprint density at radius 2 is 1.91 bits per heavy atom. The van der Waals surface area contributed by atoms with Gasteiger partial charge in [0.2, 0.25) is 0 Å². The van der Waals surface area contributed by atoms with Crippen LogP contribution in [0.25, 0.3) is 27.5 Å². The van der Waals surface area contributed by atoms with Gasteiger partial charge in [-0.3, -0.25) is 9.36 Å². The van der Waals surface area contributed by atoms with Crippen LogP contribution in [0.1, 0.15) is 30.3 Å². The van der Waals surface area contributed by atoms with E-state index in [1.165, 1.54) is 17.0 Å². The molecule has 3 heterocycles. The third-order valence-electron chi connectivity index (χ3n) is 5.68. The Kier molecular flexibility index (Phi) is 5.30. The van der Waals surface area contributed by atoms with Crippen LogP contribution in [0, 0.1) is 24.6 Å². The highest BCUT2D eigenvalue weighted by Crippen LogP contribution is 2.24. The highest BCUT2D eigenvalue weighted by Gasteiger charge is 2.19. The Morgan fingerprint density at radius 3 is 2.71 bits per heavy atom. The fourth-order valence-electron chi connectivity index (χ4n) is 4.16. The Labute approximate surface area is 194 Å². The summed E-state index contributed by atoms with van der Waals surface area (Å²) >= 11 is 0. The lowest BCUT2D eigenvalue weighted by Crippen LogP contribution is -2.25. The first-order valence-corrected chi connectivity index (χ1v) is 10.8. The zero-order valence-electron chi connectivity index (χ0n) is 18.7. The van der Waals surface area contributed by atoms with Crippen LogP contribution in [0.15, 0.2) is 59.7 Å². The summed E-state index contributed by atoms with van der Waals surface area (Å²) in [5, 5.41) is 6.48. The highest BCUT2D eigenvalue weighted by atomic mass is 19.1. The van der Waals surface area contributed by atoms with Gasteiger partial charge < -0.3 is 5.73 Å². The van der Waals surface area contributed by atoms with E-state index >= 15 is 0 Å². The van der Waals surface area contributed by atoms with Crippen molar-refractivity contribution in [3.8, 4) is 17.5 Å². The second-order valence-corrected chi connectivity index (χ2v) is 7.89. The molecule has 5 aromatic rings. The first-order chi connectivity index (χ1) is 16.5. The normalized spacial score (nSPS) is 11.0. The lowest BCUT2D eigenvalue weighted by atomic mass is 10.1. The summed E-state index contributed by atoms with van der Waals surface area (Å²) in [6.45, 7) is 3.96. The number of benzene rings is 2. The van der Waals surface area contributed by atoms with Crippen molar-refractivity contribution >= 4 is 27.6 Å². The minimum absolute atomic E-state index is 0.147. The predicted octanol–water partition coefficient (Wildman–Crippen LogP) is 3.97. The van der Waals surface area contributed by atoms with Gasteiger partial charge in [-0.1, -0.05) is 43.2 Å². The molecular weight excluding hydrogens is 431 g/mol. The molecule has 0 amide bonds. The van der Waals surface area contributed by atoms with Gasteiger partial charge in [0, 0.05) is 12.1 Å². The molecule has 0 saturated carbocycles. The summed E-state index contributed by atoms with van der Waals surface area (Å²) < 4.78 is 17.9. The third-order valence-corrected chi connectivity index (χ3v) is 5.68. The lowest BCUT2D eigenvalue weighted by Gasteiger charge is -2.16. The maximum Gasteiger partial charge on any atom is 0.263 e. The number of pyridine rings is 1. The molecule has 0 saturated heterocycles. The van der Waals surface area contributed by atoms with Crippen molar-refractivity contribution in [2.75, 3.05) is 5.73 Å². The van der Waals surface area contributed by atoms with Crippen molar-refractivity contribution < 1.29 is 4.39 Å². The van der Waals surface area contributed by atoms with Crippen LogP contribution in [0.3, 0.4) is 0 Å². The van der Waals surface area contributed by atoms with E-state index in [4.69, 9.17) is 5.73 Å². The second kappa shape index (κ2) is 8.45. The van der Waals surface area contributed by atoms with Crippen molar-refractivity contribution in [2.45, 2.75) is 26.8 Å². The van der Waals surface area contributed by atoms with Gasteiger partial charge in [0.05, 0.1) is 23.0 Å². The SMILES string of the molecule is CCC#Cc1nn(Cc2cc3cccc(C)c3c(=O)n2-c2ccccc2F)c2ncnc(N)c12. The highest BCUT2D eigenvalue weighted by molar-refractivity contribution is 5.90. The topological polar surface area (TPSA) is 91.6 Å². The molecular formula is C26H21FN6O. The minimum atomic E-state index is -0.495. The largest absolute Gasteiger partial charge is 0.383 e. The molecule has 0 fully saturated rings. The predicted molar refractivity (Wildman–Crippen MR) is 130 cm³/mol. The van der Waals surface area contributed by atoms with E-state index in [9.17, 15) is 9.18 Å². The number of anilines is 1. The van der Waals surface area contributed by atoms with Crippen LogP contribution < -0.4 is 11.3 Å². The van der Waals surface area contributed by atoms with E-state index in [1.807, 2.05) is 38.1 Å². The Bertz CT molecular complexity index is 1690. The maximum atomic E-state index is 14.9. The lowest BCUT2D eigenvalue weighted by molar-refractivity contribution is 0.606. The molecule has 0 spiro atoms. The van der Waals surface area contributed by atoms with E-state index in [2.05, 4.69) is 26.9 Å². The molecule has 5 rings (SSSR count). The van der Waals surface area contributed by atoms with Crippen LogP contribution in [0.2, 0.25) is 0 Å².